The summed E-state index contributed by atoms with van der Waals surface area (Å²) in [6.07, 6.45) is -6.95. The molecule has 0 aromatic carbocycles. The third-order valence-electron chi connectivity index (χ3n) is 10.9. The molecule has 12 atom stereocenters. The van der Waals surface area contributed by atoms with E-state index in [1.165, 1.54) is 34.9 Å². The molecule has 5 aromatic rings. The summed E-state index contributed by atoms with van der Waals surface area (Å²) in [4.78, 5) is 107. The van der Waals surface area contributed by atoms with E-state index in [9.17, 15) is 43.5 Å². The Morgan fingerprint density at radius 3 is 1.65 bits per heavy atom. The van der Waals surface area contributed by atoms with Crippen LogP contribution in [0.2, 0.25) is 0 Å². The van der Waals surface area contributed by atoms with Crippen molar-refractivity contribution in [3.8, 4) is 0 Å². The molecular formula is C34H47N12O18P3S2. The number of phosphoric acid groups is 1. The standard InChI is InChI=1S/C34H47N12O18P3S2/c1-14(2)9-56-65(52,53)62-17-5-22(44-7-15(3)29(48)43-34(44)51)60-20(17)10-57-67(55,69)64-18-6-24(46-13-38-26-28(46)40-33(36)42-31(26)50)61-21(18)11-58-66(54,68)63-16-4-23(59-19(16)8-47)45-12-37-25-27(45)39-32(35)41-30(25)49/h7,12-14,16-24,47H,4-6,8-11H2,1-3H3,(H,52,53)(H,54,68)(H,55,69)(H,43,48,51)(H3,35,39,41,49)(H3,36,40,42,50)/t16?,17-,18?,19-,20-,21-,22-,23-,24-,66?,67?/m1/s1. The monoisotopic (exact) mass is 1070 g/mol. The van der Waals surface area contributed by atoms with Gasteiger partial charge in [0, 0.05) is 31.0 Å². The van der Waals surface area contributed by atoms with Gasteiger partial charge in [0.25, 0.3) is 16.7 Å². The molecule has 35 heteroatoms. The number of fused-ring (bicyclic) bond motifs is 2. The number of anilines is 2. The number of nitrogen functional groups attached to an aromatic ring is 2. The lowest BCUT2D eigenvalue weighted by Gasteiger charge is -2.27. The predicted octanol–water partition coefficient (Wildman–Crippen LogP) is -0.474. The average Bonchev–Trinajstić information content (AvgIpc) is 4.10. The summed E-state index contributed by atoms with van der Waals surface area (Å²) in [6, 6.07) is 0. The molecule has 0 aliphatic carbocycles. The quantitative estimate of drug-likeness (QED) is 0.0472. The van der Waals surface area contributed by atoms with E-state index < -0.39 is 119 Å². The van der Waals surface area contributed by atoms with Crippen LogP contribution in [0.4, 0.5) is 11.9 Å². The summed E-state index contributed by atoms with van der Waals surface area (Å²) in [7, 11) is -4.74. The summed E-state index contributed by atoms with van der Waals surface area (Å²) in [5.41, 5.74) is 9.01. The minimum absolute atomic E-state index is 0.0187. The van der Waals surface area contributed by atoms with Crippen molar-refractivity contribution >= 4 is 79.1 Å². The van der Waals surface area contributed by atoms with Gasteiger partial charge in [-0.3, -0.25) is 52.1 Å². The van der Waals surface area contributed by atoms with Gasteiger partial charge in [0.1, 0.15) is 43.1 Å². The van der Waals surface area contributed by atoms with Crippen molar-refractivity contribution in [2.24, 2.45) is 5.92 Å². The molecular weight excluding hydrogens is 1020 g/mol. The van der Waals surface area contributed by atoms with E-state index in [1.54, 1.807) is 13.8 Å². The maximum absolute atomic E-state index is 13.0. The van der Waals surface area contributed by atoms with E-state index in [0.29, 0.717) is 0 Å². The Labute approximate surface area is 397 Å². The highest BCUT2D eigenvalue weighted by molar-refractivity contribution is 8.07. The molecule has 5 unspecified atom stereocenters. The molecule has 0 bridgehead atoms. The fourth-order valence-corrected chi connectivity index (χ4v) is 11.8. The molecule has 0 saturated carbocycles. The maximum Gasteiger partial charge on any atom is 0.472 e. The Bertz CT molecular complexity index is 3110. The zero-order valence-electron chi connectivity index (χ0n) is 36.4. The number of imidazole rings is 2. The fourth-order valence-electron chi connectivity index (χ4n) is 7.70. The van der Waals surface area contributed by atoms with Gasteiger partial charge in [0.15, 0.2) is 22.3 Å². The van der Waals surface area contributed by atoms with Crippen LogP contribution in [0.25, 0.3) is 22.3 Å². The van der Waals surface area contributed by atoms with Crippen molar-refractivity contribution in [1.82, 2.24) is 48.6 Å². The number of rotatable bonds is 19. The van der Waals surface area contributed by atoms with E-state index in [2.05, 4.69) is 34.9 Å². The number of aliphatic hydroxyl groups is 1. The Hall–Kier alpha value is -4.01. The summed E-state index contributed by atoms with van der Waals surface area (Å²) in [6.45, 7) is -5.65. The van der Waals surface area contributed by atoms with Crippen LogP contribution in [0.1, 0.15) is 57.4 Å². The van der Waals surface area contributed by atoms with Gasteiger partial charge in [-0.15, -0.1) is 0 Å². The minimum atomic E-state index is -4.74. The van der Waals surface area contributed by atoms with Crippen LogP contribution in [0.15, 0.2) is 38.0 Å². The number of phosphoric ester groups is 1. The van der Waals surface area contributed by atoms with E-state index >= 15 is 0 Å². The van der Waals surface area contributed by atoms with Crippen molar-refractivity contribution in [3.63, 3.8) is 0 Å². The fraction of sp³-hybridized carbons (Fsp3) is 0.588. The first-order valence-electron chi connectivity index (χ1n) is 20.8. The zero-order chi connectivity index (χ0) is 49.7. The number of nitrogens with two attached hydrogens (primary N) is 2. The van der Waals surface area contributed by atoms with Crippen molar-refractivity contribution in [1.29, 1.82) is 0 Å². The molecule has 69 heavy (non-hydrogen) atoms. The Morgan fingerprint density at radius 2 is 1.17 bits per heavy atom. The molecule has 3 aliphatic heterocycles. The molecule has 0 spiro atoms. The lowest BCUT2D eigenvalue weighted by molar-refractivity contribution is -0.0544. The number of aliphatic hydroxyl groups excluding tert-OH is 1. The maximum atomic E-state index is 13.0. The second-order valence-corrected chi connectivity index (χ2v) is 23.4. The van der Waals surface area contributed by atoms with E-state index in [0.717, 1.165) is 4.57 Å². The number of aryl methyl sites for hydroxylation is 1. The highest BCUT2D eigenvalue weighted by Crippen LogP contribution is 2.53. The first-order chi connectivity index (χ1) is 32.5. The topological polar surface area (TPSA) is 415 Å². The van der Waals surface area contributed by atoms with Crippen LogP contribution >= 0.6 is 21.3 Å². The SMILES string of the molecule is Cc1cn([C@H]2C[C@@H](OP(=O)(O)OCC(C)C)[C@@H](COP(O)(=S)OC3C[C@H](n4cnc5c(=O)[nH]c(N)nc54)O[C@@H]3COP(O)(=S)OC3C[C@H](n4cnc5c(=O)[nH]c(N)nc54)O[C@@H]3CO)O2)c(=O)[nH]c1=O. The van der Waals surface area contributed by atoms with Gasteiger partial charge >= 0.3 is 26.9 Å². The van der Waals surface area contributed by atoms with Gasteiger partial charge in [-0.2, -0.15) is 9.97 Å². The van der Waals surface area contributed by atoms with Crippen molar-refractivity contribution in [3.05, 3.63) is 66.0 Å². The molecule has 3 aliphatic rings. The zero-order valence-corrected chi connectivity index (χ0v) is 40.7. The first kappa shape index (κ1) is 51.3. The lowest BCUT2D eigenvalue weighted by Crippen LogP contribution is -2.33. The Morgan fingerprint density at radius 1 is 0.725 bits per heavy atom. The van der Waals surface area contributed by atoms with Gasteiger partial charge in [0.2, 0.25) is 11.9 Å². The molecule has 5 aromatic heterocycles. The van der Waals surface area contributed by atoms with Crippen molar-refractivity contribution in [2.45, 2.75) is 95.3 Å². The van der Waals surface area contributed by atoms with Crippen LogP contribution in [-0.4, -0.2) is 131 Å². The third kappa shape index (κ3) is 11.7. The van der Waals surface area contributed by atoms with Crippen LogP contribution < -0.4 is 33.8 Å². The summed E-state index contributed by atoms with van der Waals surface area (Å²) < 4.78 is 69.0. The smallest absolute Gasteiger partial charge is 0.394 e. The van der Waals surface area contributed by atoms with Crippen molar-refractivity contribution in [2.75, 3.05) is 37.9 Å². The van der Waals surface area contributed by atoms with E-state index in [-0.39, 0.29) is 71.6 Å². The third-order valence-corrected chi connectivity index (χ3v) is 15.1. The normalized spacial score (nSPS) is 27.9. The Balaban J connectivity index is 0.990. The largest absolute Gasteiger partial charge is 0.472 e. The van der Waals surface area contributed by atoms with Crippen LogP contribution in [0, 0.1) is 12.8 Å². The van der Waals surface area contributed by atoms with Crippen molar-refractivity contribution < 1.29 is 65.7 Å². The minimum Gasteiger partial charge on any atom is -0.394 e. The van der Waals surface area contributed by atoms with Gasteiger partial charge in [0.05, 0.1) is 51.3 Å². The molecule has 3 fully saturated rings. The number of hydrogen-bond acceptors (Lipinski definition) is 23. The highest BCUT2D eigenvalue weighted by Gasteiger charge is 2.46. The highest BCUT2D eigenvalue weighted by atomic mass is 32.5. The van der Waals surface area contributed by atoms with Gasteiger partial charge < -0.3 is 63.6 Å². The molecule has 378 valence electrons. The number of aromatic nitrogens is 10. The second kappa shape index (κ2) is 20.2. The van der Waals surface area contributed by atoms with Gasteiger partial charge in [-0.1, -0.05) is 13.8 Å². The second-order valence-electron chi connectivity index (χ2n) is 16.4. The summed E-state index contributed by atoms with van der Waals surface area (Å²) in [5.74, 6) is -0.550. The van der Waals surface area contributed by atoms with Gasteiger partial charge in [-0.05, 0) is 36.5 Å². The molecule has 8 rings (SSSR count). The average molecular weight is 1070 g/mol. The first-order valence-corrected chi connectivity index (χ1v) is 27.5. The number of hydrogen-bond donors (Lipinski definition) is 9. The van der Waals surface area contributed by atoms with E-state index in [4.69, 9.17) is 76.4 Å². The molecule has 30 nitrogen and oxygen atoms in total. The van der Waals surface area contributed by atoms with E-state index in [1.807, 2.05) is 0 Å². The number of aromatic amines is 3. The van der Waals surface area contributed by atoms with Crippen LogP contribution in [-0.2, 0) is 69.5 Å². The molecule has 0 amide bonds. The number of nitrogens with zero attached hydrogens (tertiary/aromatic N) is 7. The molecule has 8 heterocycles. The number of H-pyrrole nitrogens is 3. The van der Waals surface area contributed by atoms with Crippen LogP contribution in [0.3, 0.4) is 0 Å². The summed E-state index contributed by atoms with van der Waals surface area (Å²) >= 11 is 10.8. The number of ether oxygens (including phenoxy) is 3. The molecule has 0 radical (unpaired) electrons. The Kier molecular flexibility index (Phi) is 15.1. The lowest BCUT2D eigenvalue weighted by atomic mass is 10.2. The molecule has 3 saturated heterocycles. The van der Waals surface area contributed by atoms with Crippen LogP contribution in [0.5, 0.6) is 0 Å². The molecule has 11 N–H and O–H groups in total. The van der Waals surface area contributed by atoms with Gasteiger partial charge in [-0.25, -0.2) is 19.3 Å². The predicted molar refractivity (Wildman–Crippen MR) is 244 cm³/mol. The number of nitrogens with one attached hydrogen (secondary N) is 3. The summed E-state index contributed by atoms with van der Waals surface area (Å²) in [5, 5.41) is 10.2.